The second-order valence-corrected chi connectivity index (χ2v) is 2.60. The first kappa shape index (κ1) is 8.77. The molecule has 1 aromatic heterocycles. The van der Waals surface area contributed by atoms with E-state index in [2.05, 4.69) is 22.4 Å². The molecule has 0 unspecified atom stereocenters. The lowest BCUT2D eigenvalue weighted by Crippen LogP contribution is -2.23. The molecule has 0 aliphatic heterocycles. The van der Waals surface area contributed by atoms with Gasteiger partial charge < -0.3 is 5.32 Å². The van der Waals surface area contributed by atoms with Crippen molar-refractivity contribution in [2.45, 2.75) is 19.8 Å². The fraction of sp³-hybridized carbons (Fsp3) is 0.500. The molecule has 1 aromatic rings. The number of unbranched alkanes of at least 4 members (excludes halogenated alkanes) is 1. The topological polar surface area (TPSA) is 57.8 Å². The third-order valence-electron chi connectivity index (χ3n) is 1.58. The molecule has 0 spiro atoms. The van der Waals surface area contributed by atoms with Gasteiger partial charge in [-0.15, -0.1) is 0 Å². The summed E-state index contributed by atoms with van der Waals surface area (Å²) in [4.78, 5) is 11.2. The average Bonchev–Trinajstić information content (AvgIpc) is 2.56. The van der Waals surface area contributed by atoms with Gasteiger partial charge in [0, 0.05) is 12.7 Å². The van der Waals surface area contributed by atoms with Gasteiger partial charge in [-0.05, 0) is 6.42 Å². The summed E-state index contributed by atoms with van der Waals surface area (Å²) in [6.45, 7) is 2.82. The maximum atomic E-state index is 11.2. The van der Waals surface area contributed by atoms with Crippen molar-refractivity contribution < 1.29 is 4.79 Å². The molecular formula is C8H13N3O. The smallest absolute Gasteiger partial charge is 0.254 e. The highest BCUT2D eigenvalue weighted by Crippen LogP contribution is 1.93. The second-order valence-electron chi connectivity index (χ2n) is 2.60. The van der Waals surface area contributed by atoms with E-state index in [4.69, 9.17) is 0 Å². The van der Waals surface area contributed by atoms with Crippen LogP contribution in [-0.2, 0) is 0 Å². The monoisotopic (exact) mass is 167 g/mol. The Labute approximate surface area is 71.4 Å². The first-order valence-electron chi connectivity index (χ1n) is 4.11. The van der Waals surface area contributed by atoms with Crippen molar-refractivity contribution in [2.75, 3.05) is 6.54 Å². The molecule has 0 bridgehead atoms. The lowest BCUT2D eigenvalue weighted by molar-refractivity contribution is 0.0953. The minimum Gasteiger partial charge on any atom is -0.352 e. The maximum absolute atomic E-state index is 11.2. The number of carbonyl (C=O) groups excluding carboxylic acids is 1. The SMILES string of the molecule is CCCCNC(=O)c1cn[nH]c1. The fourth-order valence-electron chi connectivity index (χ4n) is 0.856. The van der Waals surface area contributed by atoms with E-state index in [0.717, 1.165) is 19.4 Å². The van der Waals surface area contributed by atoms with E-state index in [-0.39, 0.29) is 5.91 Å². The largest absolute Gasteiger partial charge is 0.352 e. The zero-order valence-electron chi connectivity index (χ0n) is 7.13. The van der Waals surface area contributed by atoms with Crippen LogP contribution in [0.15, 0.2) is 12.4 Å². The summed E-state index contributed by atoms with van der Waals surface area (Å²) >= 11 is 0. The van der Waals surface area contributed by atoms with Gasteiger partial charge in [0.2, 0.25) is 0 Å². The van der Waals surface area contributed by atoms with Gasteiger partial charge in [-0.3, -0.25) is 9.89 Å². The molecule has 4 heteroatoms. The lowest BCUT2D eigenvalue weighted by Gasteiger charge is -2.00. The number of H-pyrrole nitrogens is 1. The molecule has 1 rings (SSSR count). The minimum atomic E-state index is -0.0581. The van der Waals surface area contributed by atoms with Crippen LogP contribution in [0.25, 0.3) is 0 Å². The first-order chi connectivity index (χ1) is 5.84. The Hall–Kier alpha value is -1.32. The predicted molar refractivity (Wildman–Crippen MR) is 45.8 cm³/mol. The molecule has 0 saturated carbocycles. The summed E-state index contributed by atoms with van der Waals surface area (Å²) in [5.74, 6) is -0.0581. The van der Waals surface area contributed by atoms with Gasteiger partial charge >= 0.3 is 0 Å². The summed E-state index contributed by atoms with van der Waals surface area (Å²) in [6, 6.07) is 0. The Bertz CT molecular complexity index is 230. The van der Waals surface area contributed by atoms with Gasteiger partial charge in [-0.2, -0.15) is 5.10 Å². The van der Waals surface area contributed by atoms with Crippen LogP contribution in [0.2, 0.25) is 0 Å². The quantitative estimate of drug-likeness (QED) is 0.656. The number of amides is 1. The van der Waals surface area contributed by atoms with E-state index < -0.39 is 0 Å². The molecule has 0 aromatic carbocycles. The van der Waals surface area contributed by atoms with Crippen molar-refractivity contribution in [1.82, 2.24) is 15.5 Å². The highest BCUT2D eigenvalue weighted by Gasteiger charge is 2.03. The van der Waals surface area contributed by atoms with Crippen LogP contribution in [0, 0.1) is 0 Å². The van der Waals surface area contributed by atoms with Gasteiger partial charge in [0.15, 0.2) is 0 Å². The normalized spacial score (nSPS) is 9.75. The molecule has 0 aliphatic rings. The molecule has 0 fully saturated rings. The predicted octanol–water partition coefficient (Wildman–Crippen LogP) is 0.940. The van der Waals surface area contributed by atoms with Crippen molar-refractivity contribution in [2.24, 2.45) is 0 Å². The van der Waals surface area contributed by atoms with E-state index in [0.29, 0.717) is 5.56 Å². The molecule has 1 amide bonds. The minimum absolute atomic E-state index is 0.0581. The molecule has 1 heterocycles. The zero-order valence-corrected chi connectivity index (χ0v) is 7.13. The Balaban J connectivity index is 2.30. The van der Waals surface area contributed by atoms with E-state index in [1.54, 1.807) is 6.20 Å². The molecule has 0 atom stereocenters. The van der Waals surface area contributed by atoms with Crippen molar-refractivity contribution in [3.63, 3.8) is 0 Å². The third kappa shape index (κ3) is 2.38. The highest BCUT2D eigenvalue weighted by atomic mass is 16.1. The molecule has 4 nitrogen and oxygen atoms in total. The van der Waals surface area contributed by atoms with Crippen molar-refractivity contribution in [3.05, 3.63) is 18.0 Å². The zero-order chi connectivity index (χ0) is 8.81. The Morgan fingerprint density at radius 2 is 2.58 bits per heavy atom. The van der Waals surface area contributed by atoms with Crippen molar-refractivity contribution >= 4 is 5.91 Å². The van der Waals surface area contributed by atoms with Crippen LogP contribution >= 0.6 is 0 Å². The summed E-state index contributed by atoms with van der Waals surface area (Å²) < 4.78 is 0. The lowest BCUT2D eigenvalue weighted by atomic mass is 10.3. The van der Waals surface area contributed by atoms with Crippen LogP contribution in [0.3, 0.4) is 0 Å². The summed E-state index contributed by atoms with van der Waals surface area (Å²) in [7, 11) is 0. The molecular weight excluding hydrogens is 154 g/mol. The van der Waals surface area contributed by atoms with Crippen LogP contribution in [0.1, 0.15) is 30.1 Å². The molecule has 66 valence electrons. The van der Waals surface area contributed by atoms with Crippen LogP contribution in [0.5, 0.6) is 0 Å². The molecule has 0 radical (unpaired) electrons. The van der Waals surface area contributed by atoms with Gasteiger partial charge in [0.05, 0.1) is 11.8 Å². The van der Waals surface area contributed by atoms with Gasteiger partial charge in [-0.1, -0.05) is 13.3 Å². The fourth-order valence-corrected chi connectivity index (χ4v) is 0.856. The molecule has 12 heavy (non-hydrogen) atoms. The highest BCUT2D eigenvalue weighted by molar-refractivity contribution is 5.93. The van der Waals surface area contributed by atoms with Crippen LogP contribution < -0.4 is 5.32 Å². The Morgan fingerprint density at radius 3 is 3.17 bits per heavy atom. The van der Waals surface area contributed by atoms with E-state index in [1.807, 2.05) is 0 Å². The van der Waals surface area contributed by atoms with Crippen molar-refractivity contribution in [3.8, 4) is 0 Å². The van der Waals surface area contributed by atoms with Crippen molar-refractivity contribution in [1.29, 1.82) is 0 Å². The van der Waals surface area contributed by atoms with Crippen LogP contribution in [-0.4, -0.2) is 22.6 Å². The number of hydrogen-bond acceptors (Lipinski definition) is 2. The molecule has 2 N–H and O–H groups in total. The summed E-state index contributed by atoms with van der Waals surface area (Å²) in [5.41, 5.74) is 0.589. The van der Waals surface area contributed by atoms with Gasteiger partial charge in [-0.25, -0.2) is 0 Å². The standard InChI is InChI=1S/C8H13N3O/c1-2-3-4-9-8(12)7-5-10-11-6-7/h5-6H,2-4H2,1H3,(H,9,12)(H,10,11). The number of nitrogens with one attached hydrogen (secondary N) is 2. The number of aromatic nitrogens is 2. The molecule has 0 aliphatic carbocycles. The maximum Gasteiger partial charge on any atom is 0.254 e. The van der Waals surface area contributed by atoms with E-state index >= 15 is 0 Å². The van der Waals surface area contributed by atoms with E-state index in [1.165, 1.54) is 6.20 Å². The van der Waals surface area contributed by atoms with E-state index in [9.17, 15) is 4.79 Å². The Morgan fingerprint density at radius 1 is 1.75 bits per heavy atom. The summed E-state index contributed by atoms with van der Waals surface area (Å²) in [6.07, 6.45) is 5.21. The number of carbonyl (C=O) groups is 1. The average molecular weight is 167 g/mol. The van der Waals surface area contributed by atoms with Gasteiger partial charge in [0.25, 0.3) is 5.91 Å². The number of nitrogens with zero attached hydrogens (tertiary/aromatic N) is 1. The van der Waals surface area contributed by atoms with Gasteiger partial charge in [0.1, 0.15) is 0 Å². The molecule has 0 saturated heterocycles. The van der Waals surface area contributed by atoms with Crippen LogP contribution in [0.4, 0.5) is 0 Å². The first-order valence-corrected chi connectivity index (χ1v) is 4.11. The number of hydrogen-bond donors (Lipinski definition) is 2. The summed E-state index contributed by atoms with van der Waals surface area (Å²) in [5, 5.41) is 9.06. The third-order valence-corrected chi connectivity index (χ3v) is 1.58. The number of rotatable bonds is 4. The Kier molecular flexibility index (Phi) is 3.32. The number of aromatic amines is 1. The second kappa shape index (κ2) is 4.54.